The largest absolute Gasteiger partial charge is 0.288 e. The normalized spacial score (nSPS) is 22.3. The predicted octanol–water partition coefficient (Wildman–Crippen LogP) is 1.07. The Labute approximate surface area is 76.5 Å². The van der Waals surface area contributed by atoms with Gasteiger partial charge in [0.05, 0.1) is 11.1 Å². The molecule has 0 aromatic heterocycles. The molecule has 0 aromatic carbocycles. The van der Waals surface area contributed by atoms with Crippen LogP contribution in [0.15, 0.2) is 22.3 Å². The fourth-order valence-electron chi connectivity index (χ4n) is 1.89. The molecule has 1 aliphatic heterocycles. The highest BCUT2D eigenvalue weighted by Crippen LogP contribution is 2.33. The molecule has 2 rings (SSSR count). The van der Waals surface area contributed by atoms with Crippen LogP contribution in [0.25, 0.3) is 0 Å². The minimum absolute atomic E-state index is 0.225. The lowest BCUT2D eigenvalue weighted by atomic mass is 9.88. The van der Waals surface area contributed by atoms with E-state index in [0.717, 1.165) is 24.0 Å². The zero-order valence-corrected chi connectivity index (χ0v) is 7.73. The van der Waals surface area contributed by atoms with Crippen LogP contribution in [0.1, 0.15) is 26.7 Å². The first kappa shape index (κ1) is 8.23. The van der Waals surface area contributed by atoms with Crippen molar-refractivity contribution in [2.75, 3.05) is 0 Å². The molecule has 13 heavy (non-hydrogen) atoms. The maximum absolute atomic E-state index is 11.4. The second-order valence-corrected chi connectivity index (χ2v) is 3.59. The molecule has 0 bridgehead atoms. The van der Waals surface area contributed by atoms with E-state index in [-0.39, 0.29) is 11.8 Å². The maximum Gasteiger partial charge on any atom is 0.258 e. The quantitative estimate of drug-likeness (QED) is 0.562. The molecule has 3 heteroatoms. The number of carbonyl (C=O) groups is 2. The molecule has 2 amide bonds. The predicted molar refractivity (Wildman–Crippen MR) is 47.8 cm³/mol. The van der Waals surface area contributed by atoms with Gasteiger partial charge in [0.2, 0.25) is 0 Å². The Morgan fingerprint density at radius 1 is 0.923 bits per heavy atom. The van der Waals surface area contributed by atoms with Crippen molar-refractivity contribution in [2.24, 2.45) is 0 Å². The molecule has 1 N–H and O–H groups in total. The lowest BCUT2D eigenvalue weighted by Crippen LogP contribution is -2.20. The summed E-state index contributed by atoms with van der Waals surface area (Å²) >= 11 is 0. The summed E-state index contributed by atoms with van der Waals surface area (Å²) in [6, 6.07) is 0. The highest BCUT2D eigenvalue weighted by molar-refractivity contribution is 6.25. The number of carbonyl (C=O) groups excluding carboxylic acids is 2. The summed E-state index contributed by atoms with van der Waals surface area (Å²) in [4.78, 5) is 22.7. The van der Waals surface area contributed by atoms with E-state index in [0.29, 0.717) is 11.1 Å². The van der Waals surface area contributed by atoms with Crippen molar-refractivity contribution in [1.29, 1.82) is 0 Å². The average molecular weight is 177 g/mol. The third-order valence-corrected chi connectivity index (χ3v) is 2.66. The summed E-state index contributed by atoms with van der Waals surface area (Å²) in [5.74, 6) is -0.451. The highest BCUT2D eigenvalue weighted by Gasteiger charge is 2.35. The Morgan fingerprint density at radius 2 is 1.31 bits per heavy atom. The molecule has 0 saturated carbocycles. The smallest absolute Gasteiger partial charge is 0.258 e. The van der Waals surface area contributed by atoms with Crippen molar-refractivity contribution in [1.82, 2.24) is 5.32 Å². The number of imide groups is 1. The molecule has 0 aromatic rings. The van der Waals surface area contributed by atoms with Gasteiger partial charge in [-0.3, -0.25) is 14.9 Å². The summed E-state index contributed by atoms with van der Waals surface area (Å²) in [6.45, 7) is 3.83. The van der Waals surface area contributed by atoms with Crippen molar-refractivity contribution in [3.05, 3.63) is 22.3 Å². The van der Waals surface area contributed by atoms with E-state index in [1.807, 2.05) is 13.8 Å². The maximum atomic E-state index is 11.4. The number of rotatable bonds is 0. The molecular weight excluding hydrogens is 166 g/mol. The van der Waals surface area contributed by atoms with Crippen LogP contribution in [0.2, 0.25) is 0 Å². The van der Waals surface area contributed by atoms with Crippen LogP contribution in [0.5, 0.6) is 0 Å². The van der Waals surface area contributed by atoms with Crippen molar-refractivity contribution in [2.45, 2.75) is 26.7 Å². The minimum atomic E-state index is -0.225. The van der Waals surface area contributed by atoms with Crippen LogP contribution in [-0.4, -0.2) is 11.8 Å². The number of hydrogen-bond acceptors (Lipinski definition) is 2. The average Bonchev–Trinajstić information content (AvgIpc) is 2.36. The molecule has 3 nitrogen and oxygen atoms in total. The minimum Gasteiger partial charge on any atom is -0.288 e. The van der Waals surface area contributed by atoms with Crippen LogP contribution < -0.4 is 5.32 Å². The molecule has 0 radical (unpaired) electrons. The fourth-order valence-corrected chi connectivity index (χ4v) is 1.89. The van der Waals surface area contributed by atoms with Gasteiger partial charge in [-0.05, 0) is 26.7 Å². The first-order valence-corrected chi connectivity index (χ1v) is 4.37. The zero-order valence-electron chi connectivity index (χ0n) is 7.73. The lowest BCUT2D eigenvalue weighted by Gasteiger charge is -2.13. The van der Waals surface area contributed by atoms with E-state index < -0.39 is 0 Å². The Kier molecular flexibility index (Phi) is 1.62. The summed E-state index contributed by atoms with van der Waals surface area (Å²) in [5, 5.41) is 2.33. The van der Waals surface area contributed by atoms with Crippen LogP contribution in [0.4, 0.5) is 0 Å². The summed E-state index contributed by atoms with van der Waals surface area (Å²) in [7, 11) is 0. The number of allylic oxidation sites excluding steroid dienone is 2. The lowest BCUT2D eigenvalue weighted by molar-refractivity contribution is -0.123. The molecule has 68 valence electrons. The number of amides is 2. The van der Waals surface area contributed by atoms with Gasteiger partial charge >= 0.3 is 0 Å². The Hall–Kier alpha value is -1.38. The number of hydrogen-bond donors (Lipinski definition) is 1. The summed E-state index contributed by atoms with van der Waals surface area (Å²) in [5.41, 5.74) is 3.30. The number of fused-ring (bicyclic) bond motifs is 1. The van der Waals surface area contributed by atoms with Crippen LogP contribution in [0, 0.1) is 0 Å². The topological polar surface area (TPSA) is 46.2 Å². The fraction of sp³-hybridized carbons (Fsp3) is 0.400. The van der Waals surface area contributed by atoms with Gasteiger partial charge in [-0.15, -0.1) is 0 Å². The van der Waals surface area contributed by atoms with Gasteiger partial charge in [-0.2, -0.15) is 0 Å². The molecule has 1 fully saturated rings. The standard InChI is InChI=1S/C10H11NO2/c1-5-3-4-6(2)8-7(5)9(12)11-10(8)13/h3-4H2,1-2H3,(H,11,12,13). The van der Waals surface area contributed by atoms with Gasteiger partial charge < -0.3 is 0 Å². The van der Waals surface area contributed by atoms with Gasteiger partial charge in [0.25, 0.3) is 11.8 Å². The molecule has 0 unspecified atom stereocenters. The van der Waals surface area contributed by atoms with E-state index in [2.05, 4.69) is 5.32 Å². The Bertz CT molecular complexity index is 338. The molecular formula is C10H11NO2. The van der Waals surface area contributed by atoms with Gasteiger partial charge in [0, 0.05) is 0 Å². The van der Waals surface area contributed by atoms with Gasteiger partial charge in [0.1, 0.15) is 0 Å². The van der Waals surface area contributed by atoms with E-state index in [4.69, 9.17) is 0 Å². The van der Waals surface area contributed by atoms with Gasteiger partial charge in [-0.25, -0.2) is 0 Å². The van der Waals surface area contributed by atoms with Crippen LogP contribution in [-0.2, 0) is 9.59 Å². The Balaban J connectivity index is 2.64. The van der Waals surface area contributed by atoms with E-state index >= 15 is 0 Å². The van der Waals surface area contributed by atoms with Crippen molar-refractivity contribution in [3.8, 4) is 0 Å². The first-order chi connectivity index (χ1) is 6.11. The SMILES string of the molecule is CC1=C2C(=O)NC(=O)C2=C(C)CC1. The second kappa shape index (κ2) is 2.55. The monoisotopic (exact) mass is 177 g/mol. The third-order valence-electron chi connectivity index (χ3n) is 2.66. The third kappa shape index (κ3) is 1.03. The summed E-state index contributed by atoms with van der Waals surface area (Å²) in [6.07, 6.45) is 1.79. The second-order valence-electron chi connectivity index (χ2n) is 3.59. The van der Waals surface area contributed by atoms with Crippen molar-refractivity contribution in [3.63, 3.8) is 0 Å². The van der Waals surface area contributed by atoms with Crippen LogP contribution >= 0.6 is 0 Å². The number of nitrogens with one attached hydrogen (secondary N) is 1. The van der Waals surface area contributed by atoms with E-state index in [1.54, 1.807) is 0 Å². The van der Waals surface area contributed by atoms with E-state index in [1.165, 1.54) is 0 Å². The van der Waals surface area contributed by atoms with Gasteiger partial charge in [-0.1, -0.05) is 11.1 Å². The highest BCUT2D eigenvalue weighted by atomic mass is 16.2. The summed E-state index contributed by atoms with van der Waals surface area (Å²) < 4.78 is 0. The first-order valence-electron chi connectivity index (χ1n) is 4.37. The molecule has 1 heterocycles. The molecule has 0 atom stereocenters. The Morgan fingerprint density at radius 3 is 1.69 bits per heavy atom. The van der Waals surface area contributed by atoms with Crippen molar-refractivity contribution >= 4 is 11.8 Å². The van der Waals surface area contributed by atoms with Crippen LogP contribution in [0.3, 0.4) is 0 Å². The molecule has 0 spiro atoms. The van der Waals surface area contributed by atoms with Crippen molar-refractivity contribution < 1.29 is 9.59 Å². The molecule has 2 aliphatic rings. The van der Waals surface area contributed by atoms with Gasteiger partial charge in [0.15, 0.2) is 0 Å². The molecule has 1 aliphatic carbocycles. The zero-order chi connectivity index (χ0) is 9.59. The molecule has 1 saturated heterocycles. The van der Waals surface area contributed by atoms with E-state index in [9.17, 15) is 9.59 Å².